The molecule has 2 N–H and O–H groups in total. The number of aliphatic hydroxyl groups excluding tert-OH is 1. The zero-order valence-electron chi connectivity index (χ0n) is 14.5. The molecule has 0 rings (SSSR count). The van der Waals surface area contributed by atoms with E-state index in [0.717, 1.165) is 51.4 Å². The third-order valence-electron chi connectivity index (χ3n) is 4.22. The van der Waals surface area contributed by atoms with Gasteiger partial charge in [0.2, 0.25) is 0 Å². The van der Waals surface area contributed by atoms with Crippen molar-refractivity contribution in [2.24, 2.45) is 0 Å². The molecule has 0 saturated carbocycles. The van der Waals surface area contributed by atoms with Crippen molar-refractivity contribution in [1.82, 2.24) is 0 Å². The lowest BCUT2D eigenvalue weighted by Crippen LogP contribution is -2.20. The third-order valence-corrected chi connectivity index (χ3v) is 5.53. The van der Waals surface area contributed by atoms with Crippen LogP contribution in [0, 0.1) is 0 Å². The summed E-state index contributed by atoms with van der Waals surface area (Å²) in [7, 11) is -3.87. The van der Waals surface area contributed by atoms with E-state index in [2.05, 4.69) is 6.92 Å². The second kappa shape index (κ2) is 13.3. The summed E-state index contributed by atoms with van der Waals surface area (Å²) < 4.78 is 31.5. The maximum absolute atomic E-state index is 11.2. The van der Waals surface area contributed by atoms with Crippen LogP contribution in [0.3, 0.4) is 0 Å². The Balaban J connectivity index is 3.50. The fraction of sp³-hybridized carbons (Fsp3) is 1.00. The summed E-state index contributed by atoms with van der Waals surface area (Å²) in [5, 5.41) is 9.04. The number of hydrogen-bond donors (Lipinski definition) is 2. The monoisotopic (exact) mass is 336 g/mol. The van der Waals surface area contributed by atoms with Crippen LogP contribution in [0.4, 0.5) is 0 Å². The Morgan fingerprint density at radius 2 is 1.18 bits per heavy atom. The average molecular weight is 337 g/mol. The first-order valence-electron chi connectivity index (χ1n) is 9.06. The van der Waals surface area contributed by atoms with E-state index in [9.17, 15) is 13.5 Å². The summed E-state index contributed by atoms with van der Waals surface area (Å²) in [6.45, 7) is 4.03. The highest BCUT2D eigenvalue weighted by atomic mass is 32.2. The summed E-state index contributed by atoms with van der Waals surface area (Å²) in [5.41, 5.74) is 0. The predicted octanol–water partition coefficient (Wildman–Crippen LogP) is 4.71. The topological polar surface area (TPSA) is 74.6 Å². The molecule has 5 heteroatoms. The Kier molecular flexibility index (Phi) is 13.2. The fourth-order valence-electron chi connectivity index (χ4n) is 2.88. The van der Waals surface area contributed by atoms with Gasteiger partial charge in [-0.2, -0.15) is 8.42 Å². The predicted molar refractivity (Wildman–Crippen MR) is 92.7 cm³/mol. The minimum atomic E-state index is -3.87. The number of rotatable bonds is 15. The van der Waals surface area contributed by atoms with Gasteiger partial charge in [0.15, 0.2) is 0 Å². The molecule has 0 fully saturated rings. The van der Waals surface area contributed by atoms with Gasteiger partial charge < -0.3 is 5.11 Å². The van der Waals surface area contributed by atoms with Crippen LogP contribution in [-0.2, 0) is 10.1 Å². The molecule has 4 nitrogen and oxygen atoms in total. The molecule has 0 aromatic carbocycles. The minimum absolute atomic E-state index is 0.124. The van der Waals surface area contributed by atoms with E-state index in [-0.39, 0.29) is 6.10 Å². The van der Waals surface area contributed by atoms with Crippen molar-refractivity contribution >= 4 is 10.1 Å². The second-order valence-electron chi connectivity index (χ2n) is 6.42. The molecule has 0 amide bonds. The van der Waals surface area contributed by atoms with Gasteiger partial charge in [-0.3, -0.25) is 4.55 Å². The molecule has 2 atom stereocenters. The molecular formula is C17H36O4S. The Hall–Kier alpha value is -0.130. The number of aliphatic hydroxyl groups is 1. The molecule has 134 valence electrons. The Morgan fingerprint density at radius 1 is 0.727 bits per heavy atom. The molecule has 0 radical (unpaired) electrons. The number of unbranched alkanes of at least 4 members (excludes halogenated alkanes) is 6. The highest BCUT2D eigenvalue weighted by molar-refractivity contribution is 7.86. The Morgan fingerprint density at radius 3 is 1.64 bits per heavy atom. The zero-order chi connectivity index (χ0) is 16.8. The summed E-state index contributed by atoms with van der Waals surface area (Å²) in [4.78, 5) is 0. The van der Waals surface area contributed by atoms with E-state index < -0.39 is 15.4 Å². The van der Waals surface area contributed by atoms with Gasteiger partial charge in [-0.1, -0.05) is 71.6 Å². The van der Waals surface area contributed by atoms with Crippen LogP contribution < -0.4 is 0 Å². The van der Waals surface area contributed by atoms with Gasteiger partial charge in [0, 0.05) is 0 Å². The van der Waals surface area contributed by atoms with Crippen LogP contribution in [0.1, 0.15) is 97.3 Å². The van der Waals surface area contributed by atoms with E-state index in [1.807, 2.05) is 6.92 Å². The first kappa shape index (κ1) is 21.9. The molecule has 0 heterocycles. The van der Waals surface area contributed by atoms with Crippen LogP contribution >= 0.6 is 0 Å². The van der Waals surface area contributed by atoms with Gasteiger partial charge in [-0.25, -0.2) is 0 Å². The normalized spacial score (nSPS) is 14.9. The smallest absolute Gasteiger partial charge is 0.267 e. The largest absolute Gasteiger partial charge is 0.393 e. The summed E-state index contributed by atoms with van der Waals surface area (Å²) in [6, 6.07) is 0. The fourth-order valence-corrected chi connectivity index (χ4v) is 3.88. The molecule has 2 unspecified atom stereocenters. The van der Waals surface area contributed by atoms with E-state index in [4.69, 9.17) is 4.55 Å². The van der Waals surface area contributed by atoms with Crippen molar-refractivity contribution in [1.29, 1.82) is 0 Å². The van der Waals surface area contributed by atoms with Crippen molar-refractivity contribution < 1.29 is 18.1 Å². The van der Waals surface area contributed by atoms with Gasteiger partial charge in [0.05, 0.1) is 11.4 Å². The maximum atomic E-state index is 11.2. The van der Waals surface area contributed by atoms with Crippen LogP contribution in [0.2, 0.25) is 0 Å². The van der Waals surface area contributed by atoms with Gasteiger partial charge in [-0.05, 0) is 25.7 Å². The standard InChI is InChI=1S/C17H36O4S/c1-3-12-16(18)14-10-8-6-5-7-9-11-15-17(13-4-2)22(19,20)21/h16-18H,3-15H2,1-2H3,(H,19,20,21). The van der Waals surface area contributed by atoms with Crippen molar-refractivity contribution in [2.45, 2.75) is 109 Å². The van der Waals surface area contributed by atoms with E-state index >= 15 is 0 Å². The molecule has 0 aromatic rings. The molecule has 0 aliphatic carbocycles. The third kappa shape index (κ3) is 12.4. The zero-order valence-corrected chi connectivity index (χ0v) is 15.3. The lowest BCUT2D eigenvalue weighted by Gasteiger charge is -2.12. The van der Waals surface area contributed by atoms with Crippen LogP contribution in [0.15, 0.2) is 0 Å². The quantitative estimate of drug-likeness (QED) is 0.335. The van der Waals surface area contributed by atoms with E-state index in [1.165, 1.54) is 19.3 Å². The van der Waals surface area contributed by atoms with E-state index in [1.54, 1.807) is 0 Å². The van der Waals surface area contributed by atoms with E-state index in [0.29, 0.717) is 12.8 Å². The van der Waals surface area contributed by atoms with Crippen LogP contribution in [0.25, 0.3) is 0 Å². The highest BCUT2D eigenvalue weighted by Gasteiger charge is 2.20. The molecule has 0 aromatic heterocycles. The van der Waals surface area contributed by atoms with Crippen molar-refractivity contribution in [3.8, 4) is 0 Å². The molecule has 22 heavy (non-hydrogen) atoms. The lowest BCUT2D eigenvalue weighted by molar-refractivity contribution is 0.150. The SMILES string of the molecule is CCCC(O)CCCCCCCCCC(CCC)S(=O)(=O)O. The van der Waals surface area contributed by atoms with Crippen LogP contribution in [-0.4, -0.2) is 29.4 Å². The van der Waals surface area contributed by atoms with Gasteiger partial charge in [0.1, 0.15) is 0 Å². The molecular weight excluding hydrogens is 300 g/mol. The van der Waals surface area contributed by atoms with Gasteiger partial charge in [0.25, 0.3) is 10.1 Å². The summed E-state index contributed by atoms with van der Waals surface area (Å²) in [6.07, 6.45) is 12.3. The lowest BCUT2D eigenvalue weighted by atomic mass is 10.0. The highest BCUT2D eigenvalue weighted by Crippen LogP contribution is 2.17. The maximum Gasteiger partial charge on any atom is 0.267 e. The molecule has 0 saturated heterocycles. The minimum Gasteiger partial charge on any atom is -0.393 e. The summed E-state index contributed by atoms with van der Waals surface area (Å²) in [5.74, 6) is 0. The molecule has 0 aliphatic heterocycles. The number of hydrogen-bond acceptors (Lipinski definition) is 3. The average Bonchev–Trinajstić information content (AvgIpc) is 2.43. The second-order valence-corrected chi connectivity index (χ2v) is 8.12. The molecule has 0 spiro atoms. The Labute approximate surface area is 137 Å². The summed E-state index contributed by atoms with van der Waals surface area (Å²) >= 11 is 0. The van der Waals surface area contributed by atoms with Crippen molar-refractivity contribution in [3.05, 3.63) is 0 Å². The van der Waals surface area contributed by atoms with Crippen LogP contribution in [0.5, 0.6) is 0 Å². The van der Waals surface area contributed by atoms with Crippen molar-refractivity contribution in [3.63, 3.8) is 0 Å². The molecule has 0 bridgehead atoms. The van der Waals surface area contributed by atoms with Crippen molar-refractivity contribution in [2.75, 3.05) is 0 Å². The first-order chi connectivity index (χ1) is 10.4. The Bertz CT molecular complexity index is 341. The van der Waals surface area contributed by atoms with Gasteiger partial charge in [-0.15, -0.1) is 0 Å². The first-order valence-corrected chi connectivity index (χ1v) is 10.6. The van der Waals surface area contributed by atoms with Gasteiger partial charge >= 0.3 is 0 Å². The molecule has 0 aliphatic rings.